The molecule has 1 aromatic heterocycles. The first-order chi connectivity index (χ1) is 10.2. The number of aromatic nitrogens is 1. The van der Waals surface area contributed by atoms with Gasteiger partial charge in [0.1, 0.15) is 5.75 Å². The molecule has 0 saturated heterocycles. The van der Waals surface area contributed by atoms with Crippen LogP contribution in [0, 0.1) is 0 Å². The van der Waals surface area contributed by atoms with Crippen molar-refractivity contribution in [1.29, 1.82) is 0 Å². The van der Waals surface area contributed by atoms with Crippen molar-refractivity contribution in [2.75, 3.05) is 19.0 Å². The van der Waals surface area contributed by atoms with E-state index in [-0.39, 0.29) is 0 Å². The van der Waals surface area contributed by atoms with Crippen LogP contribution < -0.4 is 10.1 Å². The second kappa shape index (κ2) is 6.10. The van der Waals surface area contributed by atoms with Gasteiger partial charge in [-0.05, 0) is 43.7 Å². The Morgan fingerprint density at radius 2 is 2.10 bits per heavy atom. The van der Waals surface area contributed by atoms with E-state index in [1.54, 1.807) is 7.11 Å². The first kappa shape index (κ1) is 14.5. The van der Waals surface area contributed by atoms with Crippen LogP contribution in [0.4, 0.5) is 5.69 Å². The maximum Gasteiger partial charge on any atom is 0.139 e. The first-order valence-electron chi connectivity index (χ1n) is 7.67. The number of pyridine rings is 1. The van der Waals surface area contributed by atoms with E-state index in [4.69, 9.17) is 21.3 Å². The number of nitrogens with zero attached hydrogens (tertiary/aromatic N) is 1. The van der Waals surface area contributed by atoms with E-state index in [1.807, 2.05) is 12.1 Å². The number of hydrogen-bond donors (Lipinski definition) is 1. The van der Waals surface area contributed by atoms with E-state index in [1.165, 1.54) is 29.8 Å². The Morgan fingerprint density at radius 1 is 1.29 bits per heavy atom. The lowest BCUT2D eigenvalue weighted by atomic mass is 9.92. The predicted molar refractivity (Wildman–Crippen MR) is 88.7 cm³/mol. The minimum Gasteiger partial charge on any atom is -0.495 e. The highest BCUT2D eigenvalue weighted by molar-refractivity contribution is 6.33. The largest absolute Gasteiger partial charge is 0.495 e. The average molecular weight is 305 g/mol. The van der Waals surface area contributed by atoms with Crippen LogP contribution in [0.1, 0.15) is 37.4 Å². The fourth-order valence-corrected chi connectivity index (χ4v) is 3.27. The van der Waals surface area contributed by atoms with Crippen LogP contribution in [0.25, 0.3) is 10.9 Å². The molecule has 0 amide bonds. The Balaban J connectivity index is 2.23. The average Bonchev–Trinajstić information content (AvgIpc) is 2.51. The van der Waals surface area contributed by atoms with Crippen molar-refractivity contribution in [3.8, 4) is 5.75 Å². The van der Waals surface area contributed by atoms with Gasteiger partial charge in [0.25, 0.3) is 0 Å². The quantitative estimate of drug-likeness (QED) is 0.896. The number of rotatable bonds is 4. The monoisotopic (exact) mass is 304 g/mol. The van der Waals surface area contributed by atoms with Crippen LogP contribution in [-0.2, 0) is 12.8 Å². The molecule has 0 unspecified atom stereocenters. The number of methoxy groups -OCH3 is 1. The summed E-state index contributed by atoms with van der Waals surface area (Å²) in [5.41, 5.74) is 4.80. The summed E-state index contributed by atoms with van der Waals surface area (Å²) in [6.45, 7) is 3.15. The molecule has 1 aromatic carbocycles. The molecule has 0 fully saturated rings. The second-order valence-corrected chi connectivity index (χ2v) is 5.96. The number of nitrogens with one attached hydrogen (secondary N) is 1. The normalized spacial score (nSPS) is 14.0. The molecule has 1 aliphatic carbocycles. The van der Waals surface area contributed by atoms with Crippen LogP contribution in [0.5, 0.6) is 5.75 Å². The molecular weight excluding hydrogens is 284 g/mol. The lowest BCUT2D eigenvalue weighted by molar-refractivity contribution is 0.415. The standard InChI is InChI=1S/C17H21ClN2O/c1-3-8-19-17-11-6-4-5-7-14(11)20-15-10-16(21-2)13(18)9-12(15)17/h9-10H,3-8H2,1-2H3,(H,19,20). The third-order valence-electron chi connectivity index (χ3n) is 4.09. The number of fused-ring (bicyclic) bond motifs is 2. The highest BCUT2D eigenvalue weighted by Gasteiger charge is 2.19. The van der Waals surface area contributed by atoms with Crippen molar-refractivity contribution in [2.45, 2.75) is 39.0 Å². The number of anilines is 1. The molecule has 0 aliphatic heterocycles. The van der Waals surface area contributed by atoms with Gasteiger partial charge in [-0.25, -0.2) is 0 Å². The van der Waals surface area contributed by atoms with Gasteiger partial charge in [-0.2, -0.15) is 0 Å². The fraction of sp³-hybridized carbons (Fsp3) is 0.471. The molecular formula is C17H21ClN2O. The van der Waals surface area contributed by atoms with E-state index >= 15 is 0 Å². The summed E-state index contributed by atoms with van der Waals surface area (Å²) in [5, 5.41) is 5.34. The zero-order valence-electron chi connectivity index (χ0n) is 12.6. The van der Waals surface area contributed by atoms with E-state index < -0.39 is 0 Å². The van der Waals surface area contributed by atoms with E-state index in [9.17, 15) is 0 Å². The van der Waals surface area contributed by atoms with Crippen LogP contribution in [0.2, 0.25) is 5.02 Å². The summed E-state index contributed by atoms with van der Waals surface area (Å²) in [6, 6.07) is 3.93. The molecule has 3 rings (SSSR count). The molecule has 0 atom stereocenters. The lowest BCUT2D eigenvalue weighted by Gasteiger charge is -2.22. The highest BCUT2D eigenvalue weighted by atomic mass is 35.5. The summed E-state index contributed by atoms with van der Waals surface area (Å²) in [5.74, 6) is 0.689. The second-order valence-electron chi connectivity index (χ2n) is 5.55. The van der Waals surface area contributed by atoms with Crippen LogP contribution in [0.3, 0.4) is 0 Å². The van der Waals surface area contributed by atoms with Crippen molar-refractivity contribution in [2.24, 2.45) is 0 Å². The number of halogens is 1. The minimum absolute atomic E-state index is 0.641. The van der Waals surface area contributed by atoms with Crippen molar-refractivity contribution < 1.29 is 4.74 Å². The summed E-state index contributed by atoms with van der Waals surface area (Å²) in [6.07, 6.45) is 5.74. The smallest absolute Gasteiger partial charge is 0.139 e. The Labute approximate surface area is 130 Å². The van der Waals surface area contributed by atoms with Crippen LogP contribution >= 0.6 is 11.6 Å². The predicted octanol–water partition coefficient (Wildman–Crippen LogP) is 4.60. The van der Waals surface area contributed by atoms with Gasteiger partial charge < -0.3 is 10.1 Å². The number of aryl methyl sites for hydroxylation is 1. The summed E-state index contributed by atoms with van der Waals surface area (Å²) in [4.78, 5) is 4.86. The van der Waals surface area contributed by atoms with Crippen molar-refractivity contribution >= 4 is 28.2 Å². The molecule has 0 radical (unpaired) electrons. The van der Waals surface area contributed by atoms with Crippen LogP contribution in [-0.4, -0.2) is 18.6 Å². The Kier molecular flexibility index (Phi) is 4.20. The number of hydrogen-bond acceptors (Lipinski definition) is 3. The minimum atomic E-state index is 0.641. The van der Waals surface area contributed by atoms with E-state index in [0.29, 0.717) is 10.8 Å². The van der Waals surface area contributed by atoms with Crippen LogP contribution in [0.15, 0.2) is 12.1 Å². The topological polar surface area (TPSA) is 34.2 Å². The third-order valence-corrected chi connectivity index (χ3v) is 4.38. The molecule has 21 heavy (non-hydrogen) atoms. The van der Waals surface area contributed by atoms with Gasteiger partial charge in [0.2, 0.25) is 0 Å². The first-order valence-corrected chi connectivity index (χ1v) is 8.05. The maximum absolute atomic E-state index is 6.31. The van der Waals surface area contributed by atoms with E-state index in [0.717, 1.165) is 36.7 Å². The molecule has 0 spiro atoms. The molecule has 1 N–H and O–H groups in total. The Morgan fingerprint density at radius 3 is 2.86 bits per heavy atom. The molecule has 0 saturated carbocycles. The Bertz CT molecular complexity index is 670. The molecule has 0 bridgehead atoms. The molecule has 3 nitrogen and oxygen atoms in total. The van der Waals surface area contributed by atoms with E-state index in [2.05, 4.69) is 12.2 Å². The number of ether oxygens (including phenoxy) is 1. The maximum atomic E-state index is 6.31. The highest BCUT2D eigenvalue weighted by Crippen LogP contribution is 2.37. The van der Waals surface area contributed by atoms with Crippen molar-refractivity contribution in [3.63, 3.8) is 0 Å². The Hall–Kier alpha value is -1.48. The molecule has 1 heterocycles. The molecule has 2 aromatic rings. The van der Waals surface area contributed by atoms with Gasteiger partial charge in [0.15, 0.2) is 0 Å². The van der Waals surface area contributed by atoms with Gasteiger partial charge in [0, 0.05) is 29.4 Å². The zero-order valence-corrected chi connectivity index (χ0v) is 13.4. The third kappa shape index (κ3) is 2.67. The summed E-state index contributed by atoms with van der Waals surface area (Å²) in [7, 11) is 1.64. The summed E-state index contributed by atoms with van der Waals surface area (Å²) >= 11 is 6.31. The van der Waals surface area contributed by atoms with Crippen molar-refractivity contribution in [3.05, 3.63) is 28.4 Å². The molecule has 1 aliphatic rings. The van der Waals surface area contributed by atoms with Gasteiger partial charge >= 0.3 is 0 Å². The molecule has 4 heteroatoms. The van der Waals surface area contributed by atoms with Gasteiger partial charge in [0.05, 0.1) is 17.6 Å². The van der Waals surface area contributed by atoms with Crippen molar-refractivity contribution in [1.82, 2.24) is 4.98 Å². The fourth-order valence-electron chi connectivity index (χ4n) is 3.03. The molecule has 112 valence electrons. The van der Waals surface area contributed by atoms with Gasteiger partial charge in [-0.3, -0.25) is 4.98 Å². The lowest BCUT2D eigenvalue weighted by Crippen LogP contribution is -2.12. The summed E-state index contributed by atoms with van der Waals surface area (Å²) < 4.78 is 5.33. The number of benzene rings is 1. The van der Waals surface area contributed by atoms with Gasteiger partial charge in [-0.1, -0.05) is 18.5 Å². The zero-order chi connectivity index (χ0) is 14.8. The van der Waals surface area contributed by atoms with Gasteiger partial charge in [-0.15, -0.1) is 0 Å². The SMILES string of the molecule is CCCNc1c2c(nc3cc(OC)c(Cl)cc13)CCCC2.